The third kappa shape index (κ3) is 4.60. The molecule has 7 nitrogen and oxygen atoms in total. The summed E-state index contributed by atoms with van der Waals surface area (Å²) in [5, 5.41) is 12.6. The first kappa shape index (κ1) is 22.0. The number of amides is 1. The zero-order valence-corrected chi connectivity index (χ0v) is 17.3. The summed E-state index contributed by atoms with van der Waals surface area (Å²) >= 11 is 1.65. The molecule has 1 aromatic heterocycles. The largest absolute Gasteiger partial charge is 0.349 e. The number of nitrogens with zero attached hydrogens (tertiary/aromatic N) is 5. The van der Waals surface area contributed by atoms with Crippen molar-refractivity contribution in [1.82, 2.24) is 20.2 Å². The molecule has 148 valence electrons. The van der Waals surface area contributed by atoms with Crippen LogP contribution in [0.1, 0.15) is 25.7 Å². The minimum Gasteiger partial charge on any atom is -0.349 e. The third-order valence-electron chi connectivity index (χ3n) is 5.44. The summed E-state index contributed by atoms with van der Waals surface area (Å²) in [7, 11) is 0. The number of fused-ring (bicyclic) bond motifs is 2. The standard InChI is InChI=1S/C17H22N6OS.2ClH/c18-7-15-10-25-11-22(15)17(24)9-21-12-5-13-1-2-14(6-12)23(13)16-8-19-3-4-20-16;;/h3-4,8,12-15,21H,1-2,5-6,9-11H2;2*1H/t13-,14-,15?;;/m1../s1. The second-order valence-corrected chi connectivity index (χ2v) is 7.91. The van der Waals surface area contributed by atoms with Crippen LogP contribution in [0.25, 0.3) is 0 Å². The number of aromatic nitrogens is 2. The van der Waals surface area contributed by atoms with Gasteiger partial charge in [-0.15, -0.1) is 36.6 Å². The van der Waals surface area contributed by atoms with Crippen molar-refractivity contribution in [2.45, 2.75) is 49.9 Å². The highest BCUT2D eigenvalue weighted by molar-refractivity contribution is 7.99. The first-order valence-electron chi connectivity index (χ1n) is 8.81. The van der Waals surface area contributed by atoms with Crippen LogP contribution >= 0.6 is 36.6 Å². The Kier molecular flexibility index (Phi) is 7.98. The molecule has 3 saturated heterocycles. The van der Waals surface area contributed by atoms with Gasteiger partial charge in [0.05, 0.1) is 24.7 Å². The van der Waals surface area contributed by atoms with Crippen LogP contribution in [0.15, 0.2) is 18.6 Å². The molecule has 4 heterocycles. The number of halogens is 2. The fourth-order valence-electron chi connectivity index (χ4n) is 4.27. The van der Waals surface area contributed by atoms with Crippen LogP contribution in [0.3, 0.4) is 0 Å². The highest BCUT2D eigenvalue weighted by Gasteiger charge is 2.41. The van der Waals surface area contributed by atoms with Crippen molar-refractivity contribution in [2.75, 3.05) is 23.1 Å². The number of carbonyl (C=O) groups is 1. The fourth-order valence-corrected chi connectivity index (χ4v) is 5.37. The van der Waals surface area contributed by atoms with Gasteiger partial charge in [-0.05, 0) is 25.7 Å². The zero-order valence-electron chi connectivity index (χ0n) is 14.9. The second-order valence-electron chi connectivity index (χ2n) is 6.91. The number of hydrogen-bond donors (Lipinski definition) is 1. The Balaban J connectivity index is 0.00000131. The highest BCUT2D eigenvalue weighted by Crippen LogP contribution is 2.38. The molecule has 10 heteroatoms. The number of piperidine rings is 1. The maximum Gasteiger partial charge on any atom is 0.238 e. The summed E-state index contributed by atoms with van der Waals surface area (Å²) in [4.78, 5) is 25.2. The molecule has 0 aliphatic carbocycles. The van der Waals surface area contributed by atoms with Gasteiger partial charge in [-0.2, -0.15) is 5.26 Å². The summed E-state index contributed by atoms with van der Waals surface area (Å²) in [5.41, 5.74) is 0. The normalized spacial score (nSPS) is 28.9. The van der Waals surface area contributed by atoms with E-state index in [1.54, 1.807) is 29.1 Å². The molecule has 3 aliphatic rings. The van der Waals surface area contributed by atoms with Gasteiger partial charge in [0.15, 0.2) is 0 Å². The van der Waals surface area contributed by atoms with Gasteiger partial charge in [-0.1, -0.05) is 0 Å². The van der Waals surface area contributed by atoms with Gasteiger partial charge in [0.25, 0.3) is 0 Å². The topological polar surface area (TPSA) is 85.2 Å². The Morgan fingerprint density at radius 2 is 2.04 bits per heavy atom. The van der Waals surface area contributed by atoms with E-state index in [1.165, 1.54) is 12.8 Å². The maximum atomic E-state index is 12.4. The second kappa shape index (κ2) is 9.78. The Hall–Kier alpha value is -1.27. The van der Waals surface area contributed by atoms with Gasteiger partial charge in [-0.3, -0.25) is 9.78 Å². The van der Waals surface area contributed by atoms with E-state index in [0.29, 0.717) is 30.5 Å². The molecule has 3 fully saturated rings. The molecule has 1 amide bonds. The molecule has 0 spiro atoms. The average molecular weight is 431 g/mol. The minimum atomic E-state index is -0.269. The van der Waals surface area contributed by atoms with Gasteiger partial charge in [0, 0.05) is 36.3 Å². The number of nitriles is 1. The van der Waals surface area contributed by atoms with Gasteiger partial charge in [0.2, 0.25) is 5.91 Å². The lowest BCUT2D eigenvalue weighted by Crippen LogP contribution is -2.51. The number of nitrogens with one attached hydrogen (secondary N) is 1. The van der Waals surface area contributed by atoms with Crippen molar-refractivity contribution < 1.29 is 4.79 Å². The van der Waals surface area contributed by atoms with E-state index in [0.717, 1.165) is 24.4 Å². The van der Waals surface area contributed by atoms with Crippen molar-refractivity contribution in [3.63, 3.8) is 0 Å². The molecule has 1 unspecified atom stereocenters. The predicted molar refractivity (Wildman–Crippen MR) is 110 cm³/mol. The van der Waals surface area contributed by atoms with Crippen molar-refractivity contribution in [2.24, 2.45) is 0 Å². The molecular formula is C17H24Cl2N6OS. The molecule has 0 saturated carbocycles. The van der Waals surface area contributed by atoms with Gasteiger partial charge in [-0.25, -0.2) is 4.98 Å². The minimum absolute atomic E-state index is 0. The fraction of sp³-hybridized carbons (Fsp3) is 0.647. The van der Waals surface area contributed by atoms with Crippen molar-refractivity contribution >= 4 is 48.3 Å². The summed E-state index contributed by atoms with van der Waals surface area (Å²) in [6.07, 6.45) is 9.69. The third-order valence-corrected chi connectivity index (χ3v) is 6.45. The number of hydrogen-bond acceptors (Lipinski definition) is 7. The first-order chi connectivity index (χ1) is 12.3. The number of anilines is 1. The molecule has 4 rings (SSSR count). The summed E-state index contributed by atoms with van der Waals surface area (Å²) < 4.78 is 0. The summed E-state index contributed by atoms with van der Waals surface area (Å²) in [5.74, 6) is 2.37. The quantitative estimate of drug-likeness (QED) is 0.779. The first-order valence-corrected chi connectivity index (χ1v) is 9.96. The number of thioether (sulfide) groups is 1. The SMILES string of the molecule is Cl.Cl.N#CC1CSCN1C(=O)CNC1C[C@H]2CC[C@H](C1)N2c1cnccn1. The monoisotopic (exact) mass is 430 g/mol. The van der Waals surface area contributed by atoms with Gasteiger partial charge < -0.3 is 15.1 Å². The van der Waals surface area contributed by atoms with Crippen LogP contribution in [-0.4, -0.2) is 63.1 Å². The van der Waals surface area contributed by atoms with E-state index in [4.69, 9.17) is 5.26 Å². The van der Waals surface area contributed by atoms with Crippen LogP contribution in [0.4, 0.5) is 5.82 Å². The molecule has 2 bridgehead atoms. The van der Waals surface area contributed by atoms with Gasteiger partial charge >= 0.3 is 0 Å². The van der Waals surface area contributed by atoms with Crippen LogP contribution in [-0.2, 0) is 4.79 Å². The molecule has 27 heavy (non-hydrogen) atoms. The van der Waals surface area contributed by atoms with Crippen LogP contribution in [0.2, 0.25) is 0 Å². The molecule has 0 aromatic carbocycles. The van der Waals surface area contributed by atoms with E-state index < -0.39 is 0 Å². The van der Waals surface area contributed by atoms with Crippen molar-refractivity contribution in [1.29, 1.82) is 5.26 Å². The van der Waals surface area contributed by atoms with Crippen molar-refractivity contribution in [3.05, 3.63) is 18.6 Å². The molecule has 0 radical (unpaired) electrons. The average Bonchev–Trinajstić information content (AvgIpc) is 3.23. The Labute approximate surface area is 176 Å². The Morgan fingerprint density at radius 3 is 2.67 bits per heavy atom. The lowest BCUT2D eigenvalue weighted by Gasteiger charge is -2.40. The van der Waals surface area contributed by atoms with E-state index in [-0.39, 0.29) is 36.8 Å². The Bertz CT molecular complexity index is 661. The lowest BCUT2D eigenvalue weighted by atomic mass is 9.97. The van der Waals surface area contributed by atoms with E-state index in [2.05, 4.69) is 26.3 Å². The molecule has 3 aliphatic heterocycles. The lowest BCUT2D eigenvalue weighted by molar-refractivity contribution is -0.129. The van der Waals surface area contributed by atoms with Crippen LogP contribution < -0.4 is 10.2 Å². The Morgan fingerprint density at radius 1 is 1.30 bits per heavy atom. The molecular weight excluding hydrogens is 407 g/mol. The molecule has 1 N–H and O–H groups in total. The smallest absolute Gasteiger partial charge is 0.238 e. The maximum absolute atomic E-state index is 12.4. The number of rotatable bonds is 4. The van der Waals surface area contributed by atoms with E-state index in [1.807, 2.05) is 6.20 Å². The predicted octanol–water partition coefficient (Wildman–Crippen LogP) is 1.83. The highest BCUT2D eigenvalue weighted by atomic mass is 35.5. The summed E-state index contributed by atoms with van der Waals surface area (Å²) in [6.45, 7) is 0.327. The van der Waals surface area contributed by atoms with Gasteiger partial charge in [0.1, 0.15) is 11.9 Å². The van der Waals surface area contributed by atoms with Crippen molar-refractivity contribution in [3.8, 4) is 6.07 Å². The molecule has 1 aromatic rings. The van der Waals surface area contributed by atoms with E-state index >= 15 is 0 Å². The van der Waals surface area contributed by atoms with Crippen LogP contribution in [0, 0.1) is 11.3 Å². The van der Waals surface area contributed by atoms with E-state index in [9.17, 15) is 4.79 Å². The molecule has 3 atom stereocenters. The summed E-state index contributed by atoms with van der Waals surface area (Å²) in [6, 6.07) is 3.24. The number of carbonyl (C=O) groups excluding carboxylic acids is 1. The van der Waals surface area contributed by atoms with Crippen LogP contribution in [0.5, 0.6) is 0 Å². The zero-order chi connectivity index (χ0) is 17.2.